The van der Waals surface area contributed by atoms with E-state index in [0.29, 0.717) is 10.9 Å². The van der Waals surface area contributed by atoms with Crippen LogP contribution in [0.15, 0.2) is 17.6 Å². The molecule has 0 bridgehead atoms. The van der Waals surface area contributed by atoms with Crippen molar-refractivity contribution in [3.8, 4) is 0 Å². The number of methoxy groups -OCH3 is 1. The van der Waals surface area contributed by atoms with E-state index in [9.17, 15) is 4.79 Å². The van der Waals surface area contributed by atoms with E-state index in [2.05, 4.69) is 9.97 Å². The molecule has 1 aromatic rings. The van der Waals surface area contributed by atoms with Gasteiger partial charge in [0.25, 0.3) is 0 Å². The predicted octanol–water partition coefficient (Wildman–Crippen LogP) is 1.16. The molecule has 1 aliphatic rings. The van der Waals surface area contributed by atoms with Gasteiger partial charge in [0.05, 0.1) is 7.11 Å². The fourth-order valence-corrected chi connectivity index (χ4v) is 2.75. The Bertz CT molecular complexity index is 433. The van der Waals surface area contributed by atoms with Crippen LogP contribution in [0.2, 0.25) is 0 Å². The molecule has 1 atom stereocenters. The first-order valence-corrected chi connectivity index (χ1v) is 6.83. The molecular weight excluding hydrogens is 250 g/mol. The molecule has 0 amide bonds. The first-order chi connectivity index (χ1) is 8.56. The molecule has 6 heteroatoms. The van der Waals surface area contributed by atoms with Crippen molar-refractivity contribution in [2.75, 3.05) is 12.9 Å². The highest BCUT2D eigenvalue weighted by Gasteiger charge is 2.49. The molecule has 1 aliphatic carbocycles. The van der Waals surface area contributed by atoms with Gasteiger partial charge in [0.2, 0.25) is 0 Å². The Morgan fingerprint density at radius 3 is 2.67 bits per heavy atom. The normalized spacial score (nSPS) is 18.2. The van der Waals surface area contributed by atoms with Gasteiger partial charge in [0.1, 0.15) is 5.54 Å². The summed E-state index contributed by atoms with van der Waals surface area (Å²) in [7, 11) is 1.37. The molecule has 1 aromatic heterocycles. The molecule has 0 spiro atoms. The Balaban J connectivity index is 2.02. The van der Waals surface area contributed by atoms with Gasteiger partial charge < -0.3 is 10.5 Å². The molecule has 1 saturated carbocycles. The van der Waals surface area contributed by atoms with E-state index >= 15 is 0 Å². The number of esters is 1. The van der Waals surface area contributed by atoms with E-state index in [1.165, 1.54) is 18.9 Å². The molecule has 1 fully saturated rings. The lowest BCUT2D eigenvalue weighted by Crippen LogP contribution is -2.53. The SMILES string of the molecule is COC(=O)C(N)(CSc1ncc(C)cn1)C1CC1. The number of hydrogen-bond acceptors (Lipinski definition) is 6. The maximum Gasteiger partial charge on any atom is 0.327 e. The molecule has 5 nitrogen and oxygen atoms in total. The van der Waals surface area contributed by atoms with Crippen LogP contribution in [-0.2, 0) is 9.53 Å². The maximum atomic E-state index is 11.8. The Morgan fingerprint density at radius 2 is 2.17 bits per heavy atom. The summed E-state index contributed by atoms with van der Waals surface area (Å²) >= 11 is 1.40. The number of aryl methyl sites for hydroxylation is 1. The minimum Gasteiger partial charge on any atom is -0.468 e. The van der Waals surface area contributed by atoms with E-state index in [1.807, 2.05) is 6.92 Å². The van der Waals surface area contributed by atoms with E-state index in [-0.39, 0.29) is 11.9 Å². The lowest BCUT2D eigenvalue weighted by Gasteiger charge is -2.25. The van der Waals surface area contributed by atoms with Gasteiger partial charge in [-0.1, -0.05) is 11.8 Å². The number of ether oxygens (including phenoxy) is 1. The monoisotopic (exact) mass is 267 g/mol. The predicted molar refractivity (Wildman–Crippen MR) is 69.2 cm³/mol. The molecule has 0 radical (unpaired) electrons. The van der Waals surface area contributed by atoms with Gasteiger partial charge in [-0.05, 0) is 31.2 Å². The van der Waals surface area contributed by atoms with Gasteiger partial charge in [-0.2, -0.15) is 0 Å². The zero-order valence-corrected chi connectivity index (χ0v) is 11.4. The lowest BCUT2D eigenvalue weighted by molar-refractivity contribution is -0.146. The molecule has 2 N–H and O–H groups in total. The van der Waals surface area contributed by atoms with Crippen molar-refractivity contribution >= 4 is 17.7 Å². The molecule has 98 valence electrons. The summed E-state index contributed by atoms with van der Waals surface area (Å²) in [5.41, 5.74) is 6.28. The topological polar surface area (TPSA) is 78.1 Å². The Labute approximate surface area is 111 Å². The standard InChI is InChI=1S/C12H17N3O2S/c1-8-5-14-11(15-6-8)18-7-12(13,9-3-4-9)10(16)17-2/h5-6,9H,3-4,7,13H2,1-2H3. The number of hydrogen-bond donors (Lipinski definition) is 1. The van der Waals surface area contributed by atoms with Crippen LogP contribution < -0.4 is 5.73 Å². The van der Waals surface area contributed by atoms with Crippen LogP contribution in [0.25, 0.3) is 0 Å². The van der Waals surface area contributed by atoms with E-state index in [0.717, 1.165) is 18.4 Å². The zero-order chi connectivity index (χ0) is 13.2. The van der Waals surface area contributed by atoms with E-state index < -0.39 is 5.54 Å². The molecule has 0 saturated heterocycles. The number of carbonyl (C=O) groups is 1. The summed E-state index contributed by atoms with van der Waals surface area (Å²) in [6, 6.07) is 0. The number of rotatable bonds is 5. The fraction of sp³-hybridized carbons (Fsp3) is 0.583. The molecule has 0 aliphatic heterocycles. The summed E-state index contributed by atoms with van der Waals surface area (Å²) in [5, 5.41) is 0.639. The van der Waals surface area contributed by atoms with Crippen LogP contribution in [0.3, 0.4) is 0 Å². The van der Waals surface area contributed by atoms with Crippen LogP contribution in [0.1, 0.15) is 18.4 Å². The third-order valence-electron chi connectivity index (χ3n) is 3.07. The van der Waals surface area contributed by atoms with Crippen LogP contribution in [0.4, 0.5) is 0 Å². The summed E-state index contributed by atoms with van der Waals surface area (Å²) in [4.78, 5) is 20.2. The van der Waals surface area contributed by atoms with E-state index in [1.54, 1.807) is 12.4 Å². The summed E-state index contributed by atoms with van der Waals surface area (Å²) in [6.45, 7) is 1.93. The second kappa shape index (κ2) is 5.24. The van der Waals surface area contributed by atoms with Crippen LogP contribution in [0, 0.1) is 12.8 Å². The highest BCUT2D eigenvalue weighted by atomic mass is 32.2. The van der Waals surface area contributed by atoms with Gasteiger partial charge >= 0.3 is 5.97 Å². The molecular formula is C12H17N3O2S. The van der Waals surface area contributed by atoms with Crippen molar-refractivity contribution in [1.82, 2.24) is 9.97 Å². The van der Waals surface area contributed by atoms with Crippen molar-refractivity contribution < 1.29 is 9.53 Å². The quantitative estimate of drug-likeness (QED) is 0.490. The molecule has 0 aromatic carbocycles. The Kier molecular flexibility index (Phi) is 3.87. The van der Waals surface area contributed by atoms with E-state index in [4.69, 9.17) is 10.5 Å². The number of nitrogens with two attached hydrogens (primary N) is 1. The molecule has 1 heterocycles. The largest absolute Gasteiger partial charge is 0.468 e. The van der Waals surface area contributed by atoms with Gasteiger partial charge in [-0.3, -0.25) is 4.79 Å². The minimum atomic E-state index is -0.909. The number of carbonyl (C=O) groups excluding carboxylic acids is 1. The minimum absolute atomic E-state index is 0.225. The third-order valence-corrected chi connectivity index (χ3v) is 4.16. The van der Waals surface area contributed by atoms with Crippen LogP contribution in [-0.4, -0.2) is 34.3 Å². The highest BCUT2D eigenvalue weighted by Crippen LogP contribution is 2.41. The molecule has 2 rings (SSSR count). The summed E-state index contributed by atoms with van der Waals surface area (Å²) < 4.78 is 4.81. The average molecular weight is 267 g/mol. The third kappa shape index (κ3) is 2.81. The van der Waals surface area contributed by atoms with Crippen LogP contribution in [0.5, 0.6) is 0 Å². The van der Waals surface area contributed by atoms with Crippen molar-refractivity contribution in [2.45, 2.75) is 30.5 Å². The Hall–Kier alpha value is -1.14. The zero-order valence-electron chi connectivity index (χ0n) is 10.5. The number of aromatic nitrogens is 2. The van der Waals surface area contributed by atoms with Gasteiger partial charge in [0, 0.05) is 18.1 Å². The lowest BCUT2D eigenvalue weighted by atomic mass is 9.97. The van der Waals surface area contributed by atoms with Crippen molar-refractivity contribution in [3.63, 3.8) is 0 Å². The molecule has 18 heavy (non-hydrogen) atoms. The smallest absolute Gasteiger partial charge is 0.327 e. The summed E-state index contributed by atoms with van der Waals surface area (Å²) in [6.07, 6.45) is 5.48. The van der Waals surface area contributed by atoms with Crippen molar-refractivity contribution in [3.05, 3.63) is 18.0 Å². The Morgan fingerprint density at radius 1 is 1.56 bits per heavy atom. The average Bonchev–Trinajstić information content (AvgIpc) is 3.21. The maximum absolute atomic E-state index is 11.8. The first-order valence-electron chi connectivity index (χ1n) is 5.85. The number of nitrogens with zero attached hydrogens (tertiary/aromatic N) is 2. The summed E-state index contributed by atoms with van der Waals surface area (Å²) in [5.74, 6) is 0.334. The van der Waals surface area contributed by atoms with Gasteiger partial charge in [-0.15, -0.1) is 0 Å². The van der Waals surface area contributed by atoms with Crippen LogP contribution >= 0.6 is 11.8 Å². The second-order valence-electron chi connectivity index (χ2n) is 4.64. The fourth-order valence-electron chi connectivity index (χ4n) is 1.77. The van der Waals surface area contributed by atoms with Crippen molar-refractivity contribution in [1.29, 1.82) is 0 Å². The van der Waals surface area contributed by atoms with Gasteiger partial charge in [-0.25, -0.2) is 9.97 Å². The first kappa shape index (κ1) is 13.3. The second-order valence-corrected chi connectivity index (χ2v) is 5.58. The van der Waals surface area contributed by atoms with Crippen molar-refractivity contribution in [2.24, 2.45) is 11.7 Å². The van der Waals surface area contributed by atoms with Gasteiger partial charge in [0.15, 0.2) is 5.16 Å². The highest BCUT2D eigenvalue weighted by molar-refractivity contribution is 7.99. The number of thioether (sulfide) groups is 1. The molecule has 1 unspecified atom stereocenters.